The van der Waals surface area contributed by atoms with E-state index in [4.69, 9.17) is 30.5 Å². The van der Waals surface area contributed by atoms with E-state index in [1.54, 1.807) is 0 Å². The van der Waals surface area contributed by atoms with Crippen LogP contribution in [0.5, 0.6) is 17.4 Å². The molecule has 0 aliphatic heterocycles. The van der Waals surface area contributed by atoms with Crippen molar-refractivity contribution in [2.45, 2.75) is 32.2 Å². The number of rotatable bonds is 13. The van der Waals surface area contributed by atoms with Crippen LogP contribution in [0.15, 0.2) is 18.2 Å². The number of aryl methyl sites for hydroxylation is 1. The molecule has 2 aromatic rings. The highest BCUT2D eigenvalue weighted by Crippen LogP contribution is 2.41. The Morgan fingerprint density at radius 1 is 1.30 bits per heavy atom. The first-order valence-corrected chi connectivity index (χ1v) is 10.0. The lowest BCUT2D eigenvalue weighted by Gasteiger charge is -2.15. The quantitative estimate of drug-likeness (QED) is 0.131. The fourth-order valence-corrected chi connectivity index (χ4v) is 2.87. The molecular weight excluding hydrogens is 475 g/mol. The molecule has 2 rings (SSSR count). The summed E-state index contributed by atoms with van der Waals surface area (Å²) in [6, 6.07) is 3.11. The maximum Gasteiger partial charge on any atom is 0.434 e. The number of alkyl halides is 3. The fourth-order valence-electron chi connectivity index (χ4n) is 2.56. The van der Waals surface area contributed by atoms with Crippen molar-refractivity contribution in [2.75, 3.05) is 19.8 Å². The SMILES string of the molecule is CCCCOCCOC(C=O)Oc1cc(Oc2nn(C)c(C(F)(F)F)c2Cl)ccc1[N+](=O)[O-]. The van der Waals surface area contributed by atoms with Gasteiger partial charge in [-0.05, 0) is 12.5 Å². The van der Waals surface area contributed by atoms with Gasteiger partial charge in [-0.2, -0.15) is 13.2 Å². The molecule has 1 aromatic carbocycles. The van der Waals surface area contributed by atoms with Crippen LogP contribution in [0.1, 0.15) is 25.5 Å². The van der Waals surface area contributed by atoms with Crippen molar-refractivity contribution >= 4 is 23.6 Å². The van der Waals surface area contributed by atoms with Crippen molar-refractivity contribution in [3.05, 3.63) is 39.0 Å². The molecule has 1 atom stereocenters. The van der Waals surface area contributed by atoms with E-state index in [-0.39, 0.29) is 25.2 Å². The van der Waals surface area contributed by atoms with Gasteiger partial charge in [0, 0.05) is 25.8 Å². The van der Waals surface area contributed by atoms with Gasteiger partial charge in [0.25, 0.3) is 12.2 Å². The summed E-state index contributed by atoms with van der Waals surface area (Å²) in [7, 11) is 1.03. The monoisotopic (exact) mass is 495 g/mol. The Balaban J connectivity index is 2.18. The number of nitrogens with zero attached hydrogens (tertiary/aromatic N) is 3. The summed E-state index contributed by atoms with van der Waals surface area (Å²) in [4.78, 5) is 21.8. The number of unbranched alkanes of at least 4 members (excludes halogenated alkanes) is 1. The van der Waals surface area contributed by atoms with Crippen LogP contribution in [0.25, 0.3) is 0 Å². The molecule has 0 aliphatic carbocycles. The number of halogens is 4. The van der Waals surface area contributed by atoms with E-state index in [1.807, 2.05) is 6.92 Å². The summed E-state index contributed by atoms with van der Waals surface area (Å²) in [5.74, 6) is -1.15. The Morgan fingerprint density at radius 3 is 2.61 bits per heavy atom. The summed E-state index contributed by atoms with van der Waals surface area (Å²) in [6.07, 6.45) is -4.18. The van der Waals surface area contributed by atoms with Gasteiger partial charge in [0.1, 0.15) is 10.8 Å². The molecule has 0 saturated heterocycles. The minimum absolute atomic E-state index is 0.0130. The molecule has 0 bridgehead atoms. The zero-order valence-corrected chi connectivity index (χ0v) is 18.4. The molecule has 0 radical (unpaired) electrons. The molecular formula is C19H21ClF3N3O7. The summed E-state index contributed by atoms with van der Waals surface area (Å²) in [5, 5.41) is 14.1. The fraction of sp³-hybridized carbons (Fsp3) is 0.474. The normalized spacial score (nSPS) is 12.4. The van der Waals surface area contributed by atoms with Gasteiger partial charge in [-0.1, -0.05) is 24.9 Å². The maximum absolute atomic E-state index is 13.1. The summed E-state index contributed by atoms with van der Waals surface area (Å²) >= 11 is 5.75. The third kappa shape index (κ3) is 7.30. The lowest BCUT2D eigenvalue weighted by molar-refractivity contribution is -0.386. The van der Waals surface area contributed by atoms with Crippen LogP contribution in [0.3, 0.4) is 0 Å². The van der Waals surface area contributed by atoms with Crippen molar-refractivity contribution in [1.82, 2.24) is 9.78 Å². The number of hydrogen-bond acceptors (Lipinski definition) is 8. The lowest BCUT2D eigenvalue weighted by Crippen LogP contribution is -2.24. The van der Waals surface area contributed by atoms with Crippen LogP contribution in [-0.4, -0.2) is 47.1 Å². The van der Waals surface area contributed by atoms with Crippen LogP contribution < -0.4 is 9.47 Å². The molecule has 10 nitrogen and oxygen atoms in total. The largest absolute Gasteiger partial charge is 0.450 e. The smallest absolute Gasteiger partial charge is 0.434 e. The predicted molar refractivity (Wildman–Crippen MR) is 109 cm³/mol. The molecule has 0 saturated carbocycles. The Bertz CT molecular complexity index is 969. The molecule has 0 amide bonds. The van der Waals surface area contributed by atoms with Gasteiger partial charge in [0.2, 0.25) is 5.75 Å². The van der Waals surface area contributed by atoms with E-state index in [0.717, 1.165) is 38.1 Å². The first-order valence-electron chi connectivity index (χ1n) is 9.65. The van der Waals surface area contributed by atoms with Gasteiger partial charge in [0.05, 0.1) is 18.1 Å². The molecule has 182 valence electrons. The lowest BCUT2D eigenvalue weighted by atomic mass is 10.3. The standard InChI is InChI=1S/C19H21ClF3N3O7/c1-3-4-7-30-8-9-31-15(11-27)33-14-10-12(5-6-13(14)26(28)29)32-18-16(20)17(19(21,22)23)25(2)24-18/h5-6,10-11,15H,3-4,7-9H2,1-2H3. The van der Waals surface area contributed by atoms with E-state index < -0.39 is 45.4 Å². The van der Waals surface area contributed by atoms with Gasteiger partial charge in [-0.25, -0.2) is 0 Å². The van der Waals surface area contributed by atoms with Crippen molar-refractivity contribution in [3.8, 4) is 17.4 Å². The van der Waals surface area contributed by atoms with Crippen molar-refractivity contribution in [1.29, 1.82) is 0 Å². The number of carbonyl (C=O) groups excluding carboxylic acids is 1. The summed E-state index contributed by atoms with van der Waals surface area (Å²) in [5.41, 5.74) is -1.76. The summed E-state index contributed by atoms with van der Waals surface area (Å²) < 4.78 is 60.8. The Kier molecular flexibility index (Phi) is 9.44. The molecule has 33 heavy (non-hydrogen) atoms. The average molecular weight is 496 g/mol. The highest BCUT2D eigenvalue weighted by Gasteiger charge is 2.39. The summed E-state index contributed by atoms with van der Waals surface area (Å²) in [6.45, 7) is 2.68. The number of nitro groups is 1. The second kappa shape index (κ2) is 11.8. The highest BCUT2D eigenvalue weighted by molar-refractivity contribution is 6.32. The zero-order chi connectivity index (χ0) is 24.6. The number of benzene rings is 1. The number of aldehydes is 1. The van der Waals surface area contributed by atoms with Crippen molar-refractivity contribution < 1.29 is 41.8 Å². The van der Waals surface area contributed by atoms with E-state index in [1.165, 1.54) is 0 Å². The van der Waals surface area contributed by atoms with Gasteiger partial charge >= 0.3 is 11.9 Å². The van der Waals surface area contributed by atoms with Gasteiger partial charge in [0.15, 0.2) is 12.0 Å². The second-order valence-corrected chi connectivity index (χ2v) is 6.91. The second-order valence-electron chi connectivity index (χ2n) is 6.54. The molecule has 0 fully saturated rings. The van der Waals surface area contributed by atoms with Crippen LogP contribution in [0, 0.1) is 10.1 Å². The molecule has 0 spiro atoms. The molecule has 1 aromatic heterocycles. The Morgan fingerprint density at radius 2 is 2.03 bits per heavy atom. The number of carbonyl (C=O) groups is 1. The van der Waals surface area contributed by atoms with Crippen molar-refractivity contribution in [3.63, 3.8) is 0 Å². The molecule has 1 unspecified atom stereocenters. The van der Waals surface area contributed by atoms with Gasteiger partial charge in [-0.15, -0.1) is 5.10 Å². The van der Waals surface area contributed by atoms with Crippen molar-refractivity contribution in [2.24, 2.45) is 7.05 Å². The minimum Gasteiger partial charge on any atom is -0.450 e. The maximum atomic E-state index is 13.1. The van der Waals surface area contributed by atoms with E-state index in [2.05, 4.69) is 5.10 Å². The third-order valence-electron chi connectivity index (χ3n) is 4.08. The number of hydrogen-bond donors (Lipinski definition) is 0. The van der Waals surface area contributed by atoms with Crippen LogP contribution in [0.4, 0.5) is 18.9 Å². The highest BCUT2D eigenvalue weighted by atomic mass is 35.5. The molecule has 0 N–H and O–H groups in total. The molecule has 14 heteroatoms. The zero-order valence-electron chi connectivity index (χ0n) is 17.6. The number of nitro benzene ring substituents is 1. The van der Waals surface area contributed by atoms with Crippen LogP contribution in [0.2, 0.25) is 5.02 Å². The first-order chi connectivity index (χ1) is 15.6. The van der Waals surface area contributed by atoms with E-state index in [0.29, 0.717) is 11.3 Å². The number of ether oxygens (including phenoxy) is 4. The van der Waals surface area contributed by atoms with E-state index in [9.17, 15) is 28.1 Å². The molecule has 1 heterocycles. The Hall–Kier alpha value is -2.90. The van der Waals surface area contributed by atoms with Crippen LogP contribution >= 0.6 is 11.6 Å². The first kappa shape index (κ1) is 26.4. The number of aromatic nitrogens is 2. The minimum atomic E-state index is -4.78. The average Bonchev–Trinajstić information content (AvgIpc) is 3.02. The third-order valence-corrected chi connectivity index (χ3v) is 4.42. The van der Waals surface area contributed by atoms with Gasteiger partial charge < -0.3 is 18.9 Å². The molecule has 0 aliphatic rings. The van der Waals surface area contributed by atoms with E-state index >= 15 is 0 Å². The Labute approximate surface area is 191 Å². The van der Waals surface area contributed by atoms with Crippen LogP contribution in [-0.2, 0) is 27.5 Å². The van der Waals surface area contributed by atoms with Gasteiger partial charge in [-0.3, -0.25) is 19.6 Å². The predicted octanol–water partition coefficient (Wildman–Crippen LogP) is 4.53. The topological polar surface area (TPSA) is 115 Å².